The highest BCUT2D eigenvalue weighted by atomic mass is 16.5. The molecule has 0 aliphatic heterocycles. The molecule has 0 saturated heterocycles. The summed E-state index contributed by atoms with van der Waals surface area (Å²) in [5.41, 5.74) is 4.54. The van der Waals surface area contributed by atoms with Crippen molar-refractivity contribution in [3.8, 4) is 16.9 Å². The first-order valence-corrected chi connectivity index (χ1v) is 11.6. The van der Waals surface area contributed by atoms with Gasteiger partial charge < -0.3 is 15.4 Å². The van der Waals surface area contributed by atoms with Crippen LogP contribution in [0.4, 0.5) is 11.4 Å². The molecule has 5 heteroatoms. The van der Waals surface area contributed by atoms with Gasteiger partial charge in [0.05, 0.1) is 0 Å². The van der Waals surface area contributed by atoms with Gasteiger partial charge in [0, 0.05) is 17.8 Å². The number of benzene rings is 4. The van der Waals surface area contributed by atoms with Crippen LogP contribution in [-0.4, -0.2) is 17.9 Å². The highest BCUT2D eigenvalue weighted by Gasteiger charge is 2.15. The smallest absolute Gasteiger partial charge is 0.265 e. The number of amides is 2. The van der Waals surface area contributed by atoms with E-state index in [1.165, 1.54) is 0 Å². The fraction of sp³-hybridized carbons (Fsp3) is 0.133. The fourth-order valence-electron chi connectivity index (χ4n) is 3.66. The van der Waals surface area contributed by atoms with Crippen molar-refractivity contribution in [2.75, 3.05) is 10.6 Å². The summed E-state index contributed by atoms with van der Waals surface area (Å²) in [6.07, 6.45) is 0.362. The van der Waals surface area contributed by atoms with Crippen molar-refractivity contribution in [1.82, 2.24) is 0 Å². The lowest BCUT2D eigenvalue weighted by molar-refractivity contribution is -0.122. The van der Waals surface area contributed by atoms with Crippen LogP contribution in [0.3, 0.4) is 0 Å². The van der Waals surface area contributed by atoms with E-state index in [1.54, 1.807) is 31.2 Å². The molecule has 0 fully saturated rings. The summed E-state index contributed by atoms with van der Waals surface area (Å²) in [6.45, 7) is 1.70. The predicted molar refractivity (Wildman–Crippen MR) is 140 cm³/mol. The molecule has 2 amide bonds. The molecular formula is C30H28N2O3. The van der Waals surface area contributed by atoms with Crippen LogP contribution >= 0.6 is 0 Å². The molecule has 0 bridgehead atoms. The predicted octanol–water partition coefficient (Wildman–Crippen LogP) is 6.33. The van der Waals surface area contributed by atoms with E-state index < -0.39 is 6.10 Å². The number of rotatable bonds is 9. The third-order valence-corrected chi connectivity index (χ3v) is 5.54. The first-order valence-electron chi connectivity index (χ1n) is 11.6. The lowest BCUT2D eigenvalue weighted by atomic mass is 10.1. The van der Waals surface area contributed by atoms with Crippen molar-refractivity contribution in [3.63, 3.8) is 0 Å². The zero-order chi connectivity index (χ0) is 24.5. The summed E-state index contributed by atoms with van der Waals surface area (Å²) in [5, 5.41) is 5.75. The first-order chi connectivity index (χ1) is 17.1. The van der Waals surface area contributed by atoms with Crippen molar-refractivity contribution in [2.24, 2.45) is 0 Å². The number of carbonyl (C=O) groups excluding carboxylic acids is 2. The SMILES string of the molecule is CC(Oc1ccc(-c2ccccc2)cc1)C(=O)Nc1cccc(NC(=O)CCc2ccccc2)c1. The maximum atomic E-state index is 12.7. The highest BCUT2D eigenvalue weighted by molar-refractivity contribution is 5.96. The second-order valence-corrected chi connectivity index (χ2v) is 8.25. The normalized spacial score (nSPS) is 11.3. The Morgan fingerprint density at radius 1 is 0.714 bits per heavy atom. The Labute approximate surface area is 205 Å². The molecule has 35 heavy (non-hydrogen) atoms. The fourth-order valence-corrected chi connectivity index (χ4v) is 3.66. The van der Waals surface area contributed by atoms with Gasteiger partial charge in [0.2, 0.25) is 5.91 Å². The molecule has 176 valence electrons. The van der Waals surface area contributed by atoms with E-state index >= 15 is 0 Å². The molecule has 0 aromatic heterocycles. The monoisotopic (exact) mass is 464 g/mol. The van der Waals surface area contributed by atoms with Gasteiger partial charge in [-0.25, -0.2) is 0 Å². The minimum Gasteiger partial charge on any atom is -0.481 e. The summed E-state index contributed by atoms with van der Waals surface area (Å²) < 4.78 is 5.83. The average Bonchev–Trinajstić information content (AvgIpc) is 2.89. The van der Waals surface area contributed by atoms with Crippen LogP contribution in [0.2, 0.25) is 0 Å². The Hall–Kier alpha value is -4.38. The quantitative estimate of drug-likeness (QED) is 0.304. The number of anilines is 2. The largest absolute Gasteiger partial charge is 0.481 e. The molecule has 0 aliphatic carbocycles. The van der Waals surface area contributed by atoms with Crippen molar-refractivity contribution in [2.45, 2.75) is 25.9 Å². The van der Waals surface area contributed by atoms with E-state index in [9.17, 15) is 9.59 Å². The summed E-state index contributed by atoms with van der Waals surface area (Å²) in [4.78, 5) is 25.0. The number of hydrogen-bond acceptors (Lipinski definition) is 3. The lowest BCUT2D eigenvalue weighted by Crippen LogP contribution is -2.30. The van der Waals surface area contributed by atoms with Gasteiger partial charge in [-0.15, -0.1) is 0 Å². The van der Waals surface area contributed by atoms with Gasteiger partial charge in [0.1, 0.15) is 5.75 Å². The molecule has 1 unspecified atom stereocenters. The highest BCUT2D eigenvalue weighted by Crippen LogP contribution is 2.23. The molecule has 4 aromatic rings. The number of hydrogen-bond donors (Lipinski definition) is 2. The van der Waals surface area contributed by atoms with Crippen molar-refractivity contribution < 1.29 is 14.3 Å². The average molecular weight is 465 g/mol. The standard InChI is InChI=1S/C30H28N2O3/c1-22(35-28-18-16-25(17-19-28)24-11-6-3-7-12-24)30(34)32-27-14-8-13-26(21-27)31-29(33)20-15-23-9-4-2-5-10-23/h2-14,16-19,21-22H,15,20H2,1H3,(H,31,33)(H,32,34). The zero-order valence-corrected chi connectivity index (χ0v) is 19.6. The molecular weight excluding hydrogens is 436 g/mol. The maximum absolute atomic E-state index is 12.7. The van der Waals surface area contributed by atoms with E-state index in [0.717, 1.165) is 16.7 Å². The Balaban J connectivity index is 1.29. The molecule has 1 atom stereocenters. The van der Waals surface area contributed by atoms with Gasteiger partial charge in [-0.2, -0.15) is 0 Å². The van der Waals surface area contributed by atoms with Crippen molar-refractivity contribution in [3.05, 3.63) is 115 Å². The van der Waals surface area contributed by atoms with Crippen LogP contribution < -0.4 is 15.4 Å². The van der Waals surface area contributed by atoms with Crippen LogP contribution in [0.25, 0.3) is 11.1 Å². The molecule has 4 aromatic carbocycles. The maximum Gasteiger partial charge on any atom is 0.265 e. The van der Waals surface area contributed by atoms with E-state index in [-0.39, 0.29) is 11.8 Å². The second-order valence-electron chi connectivity index (χ2n) is 8.25. The summed E-state index contributed by atoms with van der Waals surface area (Å²) in [7, 11) is 0. The number of nitrogens with one attached hydrogen (secondary N) is 2. The van der Waals surface area contributed by atoms with E-state index in [2.05, 4.69) is 10.6 Å². The van der Waals surface area contributed by atoms with Gasteiger partial charge in [-0.3, -0.25) is 9.59 Å². The molecule has 2 N–H and O–H groups in total. The third-order valence-electron chi connectivity index (χ3n) is 5.54. The minimum absolute atomic E-state index is 0.0759. The molecule has 0 aliphatic rings. The van der Waals surface area contributed by atoms with Crippen LogP contribution in [0.5, 0.6) is 5.75 Å². The summed E-state index contributed by atoms with van der Waals surface area (Å²) in [6, 6.07) is 34.7. The summed E-state index contributed by atoms with van der Waals surface area (Å²) >= 11 is 0. The van der Waals surface area contributed by atoms with Crippen molar-refractivity contribution in [1.29, 1.82) is 0 Å². The van der Waals surface area contributed by atoms with E-state index in [1.807, 2.05) is 84.9 Å². The van der Waals surface area contributed by atoms with Crippen LogP contribution in [0, 0.1) is 0 Å². The van der Waals surface area contributed by atoms with E-state index in [0.29, 0.717) is 30.0 Å². The number of ether oxygens (including phenoxy) is 1. The second kappa shape index (κ2) is 11.7. The third kappa shape index (κ3) is 7.05. The first kappa shape index (κ1) is 23.8. The molecule has 0 spiro atoms. The van der Waals surface area contributed by atoms with Crippen LogP contribution in [0.1, 0.15) is 18.9 Å². The zero-order valence-electron chi connectivity index (χ0n) is 19.6. The molecule has 5 nitrogen and oxygen atoms in total. The van der Waals surface area contributed by atoms with Gasteiger partial charge in [0.15, 0.2) is 6.10 Å². The van der Waals surface area contributed by atoms with Gasteiger partial charge in [0.25, 0.3) is 5.91 Å². The minimum atomic E-state index is -0.693. The number of carbonyl (C=O) groups is 2. The Kier molecular flexibility index (Phi) is 7.92. The lowest BCUT2D eigenvalue weighted by Gasteiger charge is -2.16. The Morgan fingerprint density at radius 2 is 1.31 bits per heavy atom. The van der Waals surface area contributed by atoms with Gasteiger partial charge in [-0.05, 0) is 60.4 Å². The molecule has 4 rings (SSSR count). The summed E-state index contributed by atoms with van der Waals surface area (Å²) in [5.74, 6) is 0.268. The topological polar surface area (TPSA) is 67.4 Å². The van der Waals surface area contributed by atoms with E-state index in [4.69, 9.17) is 4.74 Å². The molecule has 0 heterocycles. The molecule has 0 radical (unpaired) electrons. The van der Waals surface area contributed by atoms with Crippen molar-refractivity contribution >= 4 is 23.2 Å². The van der Waals surface area contributed by atoms with Gasteiger partial charge in [-0.1, -0.05) is 78.9 Å². The van der Waals surface area contributed by atoms with Crippen LogP contribution in [0.15, 0.2) is 109 Å². The Bertz CT molecular complexity index is 1260. The van der Waals surface area contributed by atoms with Gasteiger partial charge >= 0.3 is 0 Å². The molecule has 0 saturated carbocycles. The van der Waals surface area contributed by atoms with Crippen LogP contribution in [-0.2, 0) is 16.0 Å². The number of aryl methyl sites for hydroxylation is 1. The Morgan fingerprint density at radius 3 is 2.00 bits per heavy atom.